The normalized spacial score (nSPS) is 22.0. The van der Waals surface area contributed by atoms with Crippen LogP contribution in [0.1, 0.15) is 32.6 Å². The molecule has 1 unspecified atom stereocenters. The maximum absolute atomic E-state index is 5.47. The Morgan fingerprint density at radius 1 is 1.22 bits per heavy atom. The van der Waals surface area contributed by atoms with Gasteiger partial charge in [0.25, 0.3) is 0 Å². The van der Waals surface area contributed by atoms with Crippen molar-refractivity contribution in [1.82, 2.24) is 10.2 Å². The third kappa shape index (κ3) is 7.31. The SMILES string of the molecule is CCC1CN(CCCCOCCOC)CCCN1. The van der Waals surface area contributed by atoms with Gasteiger partial charge in [-0.3, -0.25) is 0 Å². The highest BCUT2D eigenvalue weighted by Crippen LogP contribution is 2.05. The van der Waals surface area contributed by atoms with Crippen molar-refractivity contribution in [2.75, 3.05) is 53.1 Å². The zero-order chi connectivity index (χ0) is 13.1. The lowest BCUT2D eigenvalue weighted by molar-refractivity contribution is 0.0676. The molecule has 0 aromatic carbocycles. The van der Waals surface area contributed by atoms with E-state index >= 15 is 0 Å². The summed E-state index contributed by atoms with van der Waals surface area (Å²) >= 11 is 0. The second-order valence-electron chi connectivity index (χ2n) is 5.03. The molecule has 4 nitrogen and oxygen atoms in total. The largest absolute Gasteiger partial charge is 0.382 e. The van der Waals surface area contributed by atoms with Crippen molar-refractivity contribution in [3.05, 3.63) is 0 Å². The summed E-state index contributed by atoms with van der Waals surface area (Å²) in [4.78, 5) is 2.60. The maximum Gasteiger partial charge on any atom is 0.0700 e. The molecule has 0 aromatic rings. The quantitative estimate of drug-likeness (QED) is 0.636. The summed E-state index contributed by atoms with van der Waals surface area (Å²) in [5.74, 6) is 0. The summed E-state index contributed by atoms with van der Waals surface area (Å²) < 4.78 is 10.4. The molecule has 1 aliphatic heterocycles. The van der Waals surface area contributed by atoms with Gasteiger partial charge >= 0.3 is 0 Å². The molecule has 4 heteroatoms. The number of nitrogens with zero attached hydrogens (tertiary/aromatic N) is 1. The van der Waals surface area contributed by atoms with Gasteiger partial charge in [-0.15, -0.1) is 0 Å². The standard InChI is InChI=1S/C14H30N2O2/c1-3-14-13-16(9-6-7-15-14)8-4-5-10-18-12-11-17-2/h14-15H,3-13H2,1-2H3. The maximum atomic E-state index is 5.47. The van der Waals surface area contributed by atoms with E-state index in [0.29, 0.717) is 12.6 Å². The number of rotatable bonds is 9. The van der Waals surface area contributed by atoms with Crippen molar-refractivity contribution in [2.24, 2.45) is 0 Å². The fourth-order valence-corrected chi connectivity index (χ4v) is 2.34. The molecular formula is C14H30N2O2. The van der Waals surface area contributed by atoms with Gasteiger partial charge in [0.2, 0.25) is 0 Å². The lowest BCUT2D eigenvalue weighted by Crippen LogP contribution is -2.37. The predicted molar refractivity (Wildman–Crippen MR) is 75.1 cm³/mol. The molecule has 1 aliphatic rings. The van der Waals surface area contributed by atoms with Crippen LogP contribution in [-0.4, -0.2) is 64.1 Å². The summed E-state index contributed by atoms with van der Waals surface area (Å²) in [6.45, 7) is 9.41. The molecule has 1 N–H and O–H groups in total. The monoisotopic (exact) mass is 258 g/mol. The third-order valence-electron chi connectivity index (χ3n) is 3.50. The van der Waals surface area contributed by atoms with E-state index in [0.717, 1.165) is 19.6 Å². The Labute approximate surface area is 112 Å². The average Bonchev–Trinajstić information content (AvgIpc) is 2.63. The number of unbranched alkanes of at least 4 members (excludes halogenated alkanes) is 1. The van der Waals surface area contributed by atoms with Crippen molar-refractivity contribution in [2.45, 2.75) is 38.6 Å². The number of hydrogen-bond donors (Lipinski definition) is 1. The van der Waals surface area contributed by atoms with Gasteiger partial charge in [-0.25, -0.2) is 0 Å². The van der Waals surface area contributed by atoms with Crippen LogP contribution in [0.25, 0.3) is 0 Å². The van der Waals surface area contributed by atoms with Crippen LogP contribution >= 0.6 is 0 Å². The molecule has 0 saturated carbocycles. The molecule has 18 heavy (non-hydrogen) atoms. The Hall–Kier alpha value is -0.160. The topological polar surface area (TPSA) is 33.7 Å². The average molecular weight is 258 g/mol. The molecule has 0 radical (unpaired) electrons. The molecule has 0 aliphatic carbocycles. The smallest absolute Gasteiger partial charge is 0.0700 e. The van der Waals surface area contributed by atoms with Gasteiger partial charge in [-0.05, 0) is 45.3 Å². The molecule has 1 rings (SSSR count). The Bertz CT molecular complexity index is 191. The van der Waals surface area contributed by atoms with Crippen LogP contribution in [0.3, 0.4) is 0 Å². The molecule has 1 atom stereocenters. The van der Waals surface area contributed by atoms with Crippen LogP contribution in [0.15, 0.2) is 0 Å². The second kappa shape index (κ2) is 10.7. The molecule has 1 fully saturated rings. The summed E-state index contributed by atoms with van der Waals surface area (Å²) in [6, 6.07) is 0.686. The van der Waals surface area contributed by atoms with Crippen LogP contribution < -0.4 is 5.32 Å². The van der Waals surface area contributed by atoms with Gasteiger partial charge in [0.15, 0.2) is 0 Å². The van der Waals surface area contributed by atoms with Gasteiger partial charge in [0.05, 0.1) is 13.2 Å². The van der Waals surface area contributed by atoms with Gasteiger partial charge in [0, 0.05) is 26.3 Å². The van der Waals surface area contributed by atoms with E-state index in [-0.39, 0.29) is 0 Å². The van der Waals surface area contributed by atoms with E-state index in [1.807, 2.05) is 0 Å². The van der Waals surface area contributed by atoms with E-state index in [1.165, 1.54) is 45.4 Å². The number of hydrogen-bond acceptors (Lipinski definition) is 4. The zero-order valence-corrected chi connectivity index (χ0v) is 12.1. The van der Waals surface area contributed by atoms with E-state index in [9.17, 15) is 0 Å². The lowest BCUT2D eigenvalue weighted by atomic mass is 10.2. The van der Waals surface area contributed by atoms with Crippen LogP contribution in [0.5, 0.6) is 0 Å². The summed E-state index contributed by atoms with van der Waals surface area (Å²) in [6.07, 6.45) is 4.91. The molecule has 0 aromatic heterocycles. The van der Waals surface area contributed by atoms with Crippen molar-refractivity contribution in [1.29, 1.82) is 0 Å². The highest BCUT2D eigenvalue weighted by Gasteiger charge is 2.15. The van der Waals surface area contributed by atoms with Gasteiger partial charge in [0.1, 0.15) is 0 Å². The molecule has 0 spiro atoms. The molecule has 0 bridgehead atoms. The predicted octanol–water partition coefficient (Wildman–Crippen LogP) is 1.50. The van der Waals surface area contributed by atoms with Crippen molar-refractivity contribution >= 4 is 0 Å². The fraction of sp³-hybridized carbons (Fsp3) is 1.00. The van der Waals surface area contributed by atoms with Crippen molar-refractivity contribution in [3.8, 4) is 0 Å². The number of ether oxygens (including phenoxy) is 2. The minimum absolute atomic E-state index is 0.686. The fourth-order valence-electron chi connectivity index (χ4n) is 2.34. The zero-order valence-electron chi connectivity index (χ0n) is 12.1. The lowest BCUT2D eigenvalue weighted by Gasteiger charge is -2.23. The van der Waals surface area contributed by atoms with Gasteiger partial charge in [-0.2, -0.15) is 0 Å². The first-order chi connectivity index (χ1) is 8.86. The van der Waals surface area contributed by atoms with E-state index in [4.69, 9.17) is 9.47 Å². The molecule has 0 amide bonds. The number of nitrogens with one attached hydrogen (secondary N) is 1. The molecule has 1 heterocycles. The first-order valence-corrected chi connectivity index (χ1v) is 7.39. The van der Waals surface area contributed by atoms with Crippen LogP contribution in [0.2, 0.25) is 0 Å². The summed E-state index contributed by atoms with van der Waals surface area (Å²) in [5, 5.41) is 3.61. The minimum Gasteiger partial charge on any atom is -0.382 e. The van der Waals surface area contributed by atoms with E-state index in [1.54, 1.807) is 7.11 Å². The first kappa shape index (κ1) is 15.9. The minimum atomic E-state index is 0.686. The number of methoxy groups -OCH3 is 1. The molecular weight excluding hydrogens is 228 g/mol. The first-order valence-electron chi connectivity index (χ1n) is 7.39. The van der Waals surface area contributed by atoms with Crippen LogP contribution in [-0.2, 0) is 9.47 Å². The Morgan fingerprint density at radius 2 is 2.11 bits per heavy atom. The van der Waals surface area contributed by atoms with Crippen LogP contribution in [0.4, 0.5) is 0 Å². The van der Waals surface area contributed by atoms with Crippen molar-refractivity contribution < 1.29 is 9.47 Å². The Morgan fingerprint density at radius 3 is 2.89 bits per heavy atom. The third-order valence-corrected chi connectivity index (χ3v) is 3.50. The highest BCUT2D eigenvalue weighted by atomic mass is 16.5. The highest BCUT2D eigenvalue weighted by molar-refractivity contribution is 4.75. The molecule has 108 valence electrons. The Balaban J connectivity index is 1.99. The van der Waals surface area contributed by atoms with E-state index < -0.39 is 0 Å². The second-order valence-corrected chi connectivity index (χ2v) is 5.03. The van der Waals surface area contributed by atoms with Crippen LogP contribution in [0, 0.1) is 0 Å². The van der Waals surface area contributed by atoms with Gasteiger partial charge in [-0.1, -0.05) is 6.92 Å². The summed E-state index contributed by atoms with van der Waals surface area (Å²) in [7, 11) is 1.71. The van der Waals surface area contributed by atoms with Crippen molar-refractivity contribution in [3.63, 3.8) is 0 Å². The Kier molecular flexibility index (Phi) is 9.48. The molecule has 1 saturated heterocycles. The van der Waals surface area contributed by atoms with Gasteiger partial charge < -0.3 is 19.7 Å². The van der Waals surface area contributed by atoms with E-state index in [2.05, 4.69) is 17.1 Å². The summed E-state index contributed by atoms with van der Waals surface area (Å²) in [5.41, 5.74) is 0.